The zero-order chi connectivity index (χ0) is 15.5. The van der Waals surface area contributed by atoms with E-state index in [1.807, 2.05) is 36.4 Å². The molecule has 0 radical (unpaired) electrons. The van der Waals surface area contributed by atoms with Crippen LogP contribution < -0.4 is 16.0 Å². The van der Waals surface area contributed by atoms with Crippen molar-refractivity contribution < 1.29 is 4.79 Å². The summed E-state index contributed by atoms with van der Waals surface area (Å²) in [5.74, 6) is 0. The summed E-state index contributed by atoms with van der Waals surface area (Å²) >= 11 is 12.1. The second-order valence-corrected chi connectivity index (χ2v) is 5.96. The minimum Gasteiger partial charge on any atom is -0.354 e. The smallest absolute Gasteiger partial charge is 0.319 e. The lowest BCUT2D eigenvalue weighted by atomic mass is 10.2. The average molecular weight is 336 g/mol. The summed E-state index contributed by atoms with van der Waals surface area (Å²) in [6.07, 6.45) is 2.13. The van der Waals surface area contributed by atoms with Crippen LogP contribution in [0.4, 0.5) is 21.9 Å². The molecule has 0 aromatic heterocycles. The number of anilines is 3. The zero-order valence-electron chi connectivity index (χ0n) is 11.7. The fraction of sp³-hybridized carbons (Fsp3) is 0.188. The van der Waals surface area contributed by atoms with Crippen molar-refractivity contribution in [2.75, 3.05) is 10.6 Å². The van der Waals surface area contributed by atoms with Gasteiger partial charge in [0, 0.05) is 17.4 Å². The summed E-state index contributed by atoms with van der Waals surface area (Å²) in [7, 11) is 0. The van der Waals surface area contributed by atoms with Crippen molar-refractivity contribution in [3.8, 4) is 0 Å². The molecule has 114 valence electrons. The van der Waals surface area contributed by atoms with Crippen molar-refractivity contribution in [2.24, 2.45) is 0 Å². The van der Waals surface area contributed by atoms with E-state index in [0.717, 1.165) is 29.9 Å². The zero-order valence-corrected chi connectivity index (χ0v) is 13.2. The summed E-state index contributed by atoms with van der Waals surface area (Å²) in [6, 6.07) is 13.0. The van der Waals surface area contributed by atoms with Gasteiger partial charge in [0.2, 0.25) is 0 Å². The number of amides is 2. The molecule has 0 bridgehead atoms. The third kappa shape index (κ3) is 3.84. The Hall–Kier alpha value is -1.91. The molecule has 1 saturated carbocycles. The van der Waals surface area contributed by atoms with Crippen LogP contribution in [-0.2, 0) is 0 Å². The summed E-state index contributed by atoms with van der Waals surface area (Å²) in [5, 5.41) is 9.85. The van der Waals surface area contributed by atoms with E-state index in [1.165, 1.54) is 0 Å². The lowest BCUT2D eigenvalue weighted by Crippen LogP contribution is -2.30. The first kappa shape index (κ1) is 15.0. The van der Waals surface area contributed by atoms with Gasteiger partial charge in [0.25, 0.3) is 0 Å². The fourth-order valence-corrected chi connectivity index (χ4v) is 2.32. The number of carbonyl (C=O) groups excluding carboxylic acids is 1. The molecule has 6 heteroatoms. The largest absolute Gasteiger partial charge is 0.354 e. The van der Waals surface area contributed by atoms with Crippen LogP contribution >= 0.6 is 23.2 Å². The van der Waals surface area contributed by atoms with Gasteiger partial charge in [0.15, 0.2) is 0 Å². The monoisotopic (exact) mass is 335 g/mol. The molecule has 0 heterocycles. The SMILES string of the molecule is O=C(Nc1ccc(Nc2cccc(Cl)c2Cl)cc1)NC1CC1. The highest BCUT2D eigenvalue weighted by atomic mass is 35.5. The number of hydrogen-bond donors (Lipinski definition) is 3. The van der Waals surface area contributed by atoms with E-state index >= 15 is 0 Å². The Morgan fingerprint density at radius 1 is 1.00 bits per heavy atom. The summed E-state index contributed by atoms with van der Waals surface area (Å²) < 4.78 is 0. The predicted octanol–water partition coefficient (Wildman–Crippen LogP) is 5.02. The lowest BCUT2D eigenvalue weighted by Gasteiger charge is -2.11. The van der Waals surface area contributed by atoms with Crippen molar-refractivity contribution in [3.05, 3.63) is 52.5 Å². The molecule has 3 rings (SSSR count). The van der Waals surface area contributed by atoms with E-state index in [-0.39, 0.29) is 6.03 Å². The van der Waals surface area contributed by atoms with Crippen molar-refractivity contribution in [1.29, 1.82) is 0 Å². The summed E-state index contributed by atoms with van der Waals surface area (Å²) in [5.41, 5.74) is 2.33. The van der Waals surface area contributed by atoms with Gasteiger partial charge in [-0.1, -0.05) is 29.3 Å². The Morgan fingerprint density at radius 3 is 2.36 bits per heavy atom. The number of hydrogen-bond acceptors (Lipinski definition) is 2. The second-order valence-electron chi connectivity index (χ2n) is 5.18. The number of rotatable bonds is 4. The lowest BCUT2D eigenvalue weighted by molar-refractivity contribution is 0.251. The Balaban J connectivity index is 1.63. The Kier molecular flexibility index (Phi) is 4.41. The van der Waals surface area contributed by atoms with Crippen LogP contribution in [0.1, 0.15) is 12.8 Å². The van der Waals surface area contributed by atoms with Gasteiger partial charge in [-0.2, -0.15) is 0 Å². The Morgan fingerprint density at radius 2 is 1.68 bits per heavy atom. The minimum absolute atomic E-state index is 0.166. The van der Waals surface area contributed by atoms with E-state index in [1.54, 1.807) is 6.07 Å². The Bertz CT molecular complexity index is 684. The van der Waals surface area contributed by atoms with Crippen LogP contribution in [0.5, 0.6) is 0 Å². The van der Waals surface area contributed by atoms with Crippen LogP contribution in [0, 0.1) is 0 Å². The molecule has 1 fully saturated rings. The molecule has 2 aromatic carbocycles. The van der Waals surface area contributed by atoms with Crippen LogP contribution in [-0.4, -0.2) is 12.1 Å². The number of benzene rings is 2. The predicted molar refractivity (Wildman–Crippen MR) is 91.4 cm³/mol. The fourth-order valence-electron chi connectivity index (χ4n) is 1.97. The summed E-state index contributed by atoms with van der Waals surface area (Å²) in [4.78, 5) is 11.7. The molecule has 2 amide bonds. The van der Waals surface area contributed by atoms with Gasteiger partial charge in [-0.3, -0.25) is 0 Å². The molecule has 4 nitrogen and oxygen atoms in total. The summed E-state index contributed by atoms with van der Waals surface area (Å²) in [6.45, 7) is 0. The maximum absolute atomic E-state index is 11.7. The number of nitrogens with one attached hydrogen (secondary N) is 3. The van der Waals surface area contributed by atoms with Gasteiger partial charge >= 0.3 is 6.03 Å². The van der Waals surface area contributed by atoms with E-state index in [0.29, 0.717) is 16.1 Å². The maximum atomic E-state index is 11.7. The molecular formula is C16H15Cl2N3O. The highest BCUT2D eigenvalue weighted by molar-refractivity contribution is 6.43. The van der Waals surface area contributed by atoms with E-state index < -0.39 is 0 Å². The molecule has 1 aliphatic carbocycles. The van der Waals surface area contributed by atoms with Crippen LogP contribution in [0.3, 0.4) is 0 Å². The van der Waals surface area contributed by atoms with Gasteiger partial charge in [-0.15, -0.1) is 0 Å². The highest BCUT2D eigenvalue weighted by Gasteiger charge is 2.23. The van der Waals surface area contributed by atoms with Crippen LogP contribution in [0.25, 0.3) is 0 Å². The molecule has 0 aliphatic heterocycles. The quantitative estimate of drug-likeness (QED) is 0.734. The standard InChI is InChI=1S/C16H15Cl2N3O/c17-13-2-1-3-14(15(13)18)19-10-4-6-11(7-5-10)20-16(22)21-12-8-9-12/h1-7,12,19H,8-9H2,(H2,20,21,22). The van der Waals surface area contributed by atoms with Gasteiger partial charge in [0.05, 0.1) is 15.7 Å². The number of halogens is 2. The van der Waals surface area contributed by atoms with Gasteiger partial charge in [-0.25, -0.2) is 4.79 Å². The second kappa shape index (κ2) is 6.46. The van der Waals surface area contributed by atoms with Crippen molar-refractivity contribution in [2.45, 2.75) is 18.9 Å². The first-order valence-corrected chi connectivity index (χ1v) is 7.76. The van der Waals surface area contributed by atoms with Gasteiger partial charge < -0.3 is 16.0 Å². The minimum atomic E-state index is -0.166. The van der Waals surface area contributed by atoms with Crippen LogP contribution in [0.15, 0.2) is 42.5 Å². The van der Waals surface area contributed by atoms with Gasteiger partial charge in [0.1, 0.15) is 0 Å². The van der Waals surface area contributed by atoms with E-state index in [4.69, 9.17) is 23.2 Å². The molecule has 22 heavy (non-hydrogen) atoms. The third-order valence-electron chi connectivity index (χ3n) is 3.29. The molecule has 0 unspecified atom stereocenters. The highest BCUT2D eigenvalue weighted by Crippen LogP contribution is 2.31. The van der Waals surface area contributed by atoms with E-state index in [9.17, 15) is 4.79 Å². The van der Waals surface area contributed by atoms with Gasteiger partial charge in [-0.05, 0) is 49.2 Å². The molecule has 0 atom stereocenters. The number of urea groups is 1. The third-order valence-corrected chi connectivity index (χ3v) is 4.10. The van der Waals surface area contributed by atoms with Crippen molar-refractivity contribution >= 4 is 46.3 Å². The maximum Gasteiger partial charge on any atom is 0.319 e. The molecule has 1 aliphatic rings. The topological polar surface area (TPSA) is 53.2 Å². The molecule has 2 aromatic rings. The molecule has 0 spiro atoms. The van der Waals surface area contributed by atoms with Crippen molar-refractivity contribution in [3.63, 3.8) is 0 Å². The molecule has 0 saturated heterocycles. The van der Waals surface area contributed by atoms with Crippen molar-refractivity contribution in [1.82, 2.24) is 5.32 Å². The molecular weight excluding hydrogens is 321 g/mol. The Labute approximate surface area is 138 Å². The normalized spacial score (nSPS) is 13.5. The first-order valence-electron chi connectivity index (χ1n) is 7.00. The van der Waals surface area contributed by atoms with E-state index in [2.05, 4.69) is 16.0 Å². The first-order chi connectivity index (χ1) is 10.6. The average Bonchev–Trinajstić information content (AvgIpc) is 3.30. The number of carbonyl (C=O) groups is 1. The van der Waals surface area contributed by atoms with Crippen LogP contribution in [0.2, 0.25) is 10.0 Å². The molecule has 3 N–H and O–H groups in total.